The van der Waals surface area contributed by atoms with Crippen LogP contribution in [0.15, 0.2) is 65.7 Å². The molecule has 0 aliphatic heterocycles. The number of nitrogens with zero attached hydrogens (tertiary/aromatic N) is 3. The highest BCUT2D eigenvalue weighted by atomic mass is 35.5. The molecule has 3 rings (SSSR count). The zero-order valence-electron chi connectivity index (χ0n) is 16.7. The summed E-state index contributed by atoms with van der Waals surface area (Å²) < 4.78 is 66.4. The second-order valence-corrected chi connectivity index (χ2v) is 9.06. The minimum atomic E-state index is -4.77. The second kappa shape index (κ2) is 9.27. The van der Waals surface area contributed by atoms with E-state index in [2.05, 4.69) is 4.98 Å². The summed E-state index contributed by atoms with van der Waals surface area (Å²) in [5.41, 5.74) is -1.39. The molecule has 0 amide bonds. The molecule has 0 aliphatic rings. The molecule has 0 bridgehead atoms. The van der Waals surface area contributed by atoms with Crippen LogP contribution in [0.25, 0.3) is 0 Å². The van der Waals surface area contributed by atoms with Crippen molar-refractivity contribution in [3.8, 4) is 0 Å². The number of benzene rings is 2. The minimum Gasteiger partial charge on any atom is -0.478 e. The molecule has 0 spiro atoms. The van der Waals surface area contributed by atoms with Crippen LogP contribution in [0.2, 0.25) is 5.02 Å². The van der Waals surface area contributed by atoms with Gasteiger partial charge in [-0.1, -0.05) is 23.7 Å². The Morgan fingerprint density at radius 3 is 2.18 bits per heavy atom. The summed E-state index contributed by atoms with van der Waals surface area (Å²) in [5, 5.41) is 19.3. The lowest BCUT2D eigenvalue weighted by molar-refractivity contribution is -0.384. The molecule has 0 atom stereocenters. The van der Waals surface area contributed by atoms with E-state index in [4.69, 9.17) is 16.7 Å². The maximum absolute atomic E-state index is 13.4. The molecule has 0 saturated heterocycles. The number of nitro groups is 1. The fourth-order valence-electron chi connectivity index (χ4n) is 2.83. The third-order valence-corrected chi connectivity index (χ3v) is 6.58. The number of alkyl halides is 3. The molecule has 34 heavy (non-hydrogen) atoms. The van der Waals surface area contributed by atoms with Gasteiger partial charge in [0.2, 0.25) is 0 Å². The van der Waals surface area contributed by atoms with Crippen molar-refractivity contribution in [1.82, 2.24) is 4.98 Å². The Hall–Kier alpha value is -3.71. The molecular weight excluding hydrogens is 503 g/mol. The SMILES string of the molecule is O=C(O)c1ccc(S(=O)(=O)N(Cc2ccc([N+](=O)[O-])cc2)c2ncc(C(F)(F)F)cc2Cl)cc1. The number of nitro benzene ring substituents is 1. The monoisotopic (exact) mass is 515 g/mol. The molecule has 1 N–H and O–H groups in total. The van der Waals surface area contributed by atoms with E-state index < -0.39 is 50.0 Å². The maximum atomic E-state index is 13.4. The highest BCUT2D eigenvalue weighted by Crippen LogP contribution is 2.36. The lowest BCUT2D eigenvalue weighted by Gasteiger charge is -2.25. The number of rotatable bonds is 7. The fraction of sp³-hybridized carbons (Fsp3) is 0.100. The standard InChI is InChI=1S/C20H13ClF3N3O6S/c21-17-9-14(20(22,23)24)10-25-18(17)26(11-12-1-5-15(6-2-12)27(30)31)34(32,33)16-7-3-13(4-8-16)19(28)29/h1-10H,11H2,(H,28,29). The first-order valence-electron chi connectivity index (χ1n) is 9.13. The number of hydrogen-bond donors (Lipinski definition) is 1. The van der Waals surface area contributed by atoms with E-state index in [0.29, 0.717) is 16.6 Å². The molecule has 0 aliphatic carbocycles. The van der Waals surface area contributed by atoms with E-state index in [1.807, 2.05) is 0 Å². The average Bonchev–Trinajstić information content (AvgIpc) is 2.77. The predicted molar refractivity (Wildman–Crippen MR) is 114 cm³/mol. The topological polar surface area (TPSA) is 131 Å². The molecular formula is C20H13ClF3N3O6S. The van der Waals surface area contributed by atoms with E-state index >= 15 is 0 Å². The van der Waals surface area contributed by atoms with Crippen molar-refractivity contribution < 1.29 is 36.4 Å². The molecule has 3 aromatic rings. The number of sulfonamides is 1. The van der Waals surface area contributed by atoms with Crippen molar-refractivity contribution in [3.63, 3.8) is 0 Å². The number of aromatic carboxylic acids is 1. The maximum Gasteiger partial charge on any atom is 0.417 e. The number of anilines is 1. The quantitative estimate of drug-likeness (QED) is 0.354. The van der Waals surface area contributed by atoms with E-state index in [0.717, 1.165) is 36.4 Å². The summed E-state index contributed by atoms with van der Waals surface area (Å²) >= 11 is 5.99. The Labute approximate surface area is 195 Å². The number of hydrogen-bond acceptors (Lipinski definition) is 6. The lowest BCUT2D eigenvalue weighted by atomic mass is 10.2. The third kappa shape index (κ3) is 5.26. The van der Waals surface area contributed by atoms with Gasteiger partial charge in [0.25, 0.3) is 15.7 Å². The molecule has 14 heteroatoms. The number of non-ortho nitro benzene ring substituents is 1. The summed E-state index contributed by atoms with van der Waals surface area (Å²) in [7, 11) is -4.51. The van der Waals surface area contributed by atoms with Crippen LogP contribution in [-0.4, -0.2) is 29.4 Å². The summed E-state index contributed by atoms with van der Waals surface area (Å²) in [6, 6.07) is 9.43. The fourth-order valence-corrected chi connectivity index (χ4v) is 4.57. The van der Waals surface area contributed by atoms with Crippen LogP contribution in [0, 0.1) is 10.1 Å². The van der Waals surface area contributed by atoms with Crippen LogP contribution in [0.4, 0.5) is 24.7 Å². The molecule has 1 heterocycles. The Kier molecular flexibility index (Phi) is 6.79. The van der Waals surface area contributed by atoms with Gasteiger partial charge in [0, 0.05) is 18.3 Å². The first-order chi connectivity index (χ1) is 15.8. The number of carboxylic acid groups (broad SMARTS) is 1. The first-order valence-corrected chi connectivity index (χ1v) is 10.9. The molecule has 9 nitrogen and oxygen atoms in total. The number of carbonyl (C=O) groups is 1. The predicted octanol–water partition coefficient (Wildman–Crippen LogP) is 4.76. The smallest absolute Gasteiger partial charge is 0.417 e. The van der Waals surface area contributed by atoms with E-state index in [-0.39, 0.29) is 21.7 Å². The Morgan fingerprint density at radius 1 is 1.12 bits per heavy atom. The number of aromatic nitrogens is 1. The minimum absolute atomic E-state index is 0.188. The van der Waals surface area contributed by atoms with E-state index in [1.165, 1.54) is 12.1 Å². The van der Waals surface area contributed by atoms with Gasteiger partial charge in [-0.15, -0.1) is 0 Å². The van der Waals surface area contributed by atoms with Crippen LogP contribution < -0.4 is 4.31 Å². The van der Waals surface area contributed by atoms with Crippen molar-refractivity contribution in [1.29, 1.82) is 0 Å². The van der Waals surface area contributed by atoms with Crippen molar-refractivity contribution >= 4 is 39.1 Å². The van der Waals surface area contributed by atoms with Gasteiger partial charge in [0.05, 0.1) is 32.5 Å². The molecule has 0 saturated carbocycles. The summed E-state index contributed by atoms with van der Waals surface area (Å²) in [6.45, 7) is -0.487. The van der Waals surface area contributed by atoms with Gasteiger partial charge < -0.3 is 5.11 Å². The Bertz CT molecular complexity index is 1350. The Balaban J connectivity index is 2.11. The van der Waals surface area contributed by atoms with Crippen molar-refractivity contribution in [2.24, 2.45) is 0 Å². The highest BCUT2D eigenvalue weighted by molar-refractivity contribution is 7.92. The average molecular weight is 516 g/mol. The van der Waals surface area contributed by atoms with Gasteiger partial charge in [0.1, 0.15) is 0 Å². The zero-order valence-corrected chi connectivity index (χ0v) is 18.3. The first kappa shape index (κ1) is 24.9. The van der Waals surface area contributed by atoms with Gasteiger partial charge in [-0.05, 0) is 35.9 Å². The van der Waals surface area contributed by atoms with Gasteiger partial charge in [-0.25, -0.2) is 22.5 Å². The van der Waals surface area contributed by atoms with Gasteiger partial charge in [-0.2, -0.15) is 13.2 Å². The number of pyridine rings is 1. The van der Waals surface area contributed by atoms with Crippen molar-refractivity contribution in [3.05, 3.63) is 92.6 Å². The van der Waals surface area contributed by atoms with Crippen molar-refractivity contribution in [2.45, 2.75) is 17.6 Å². The van der Waals surface area contributed by atoms with Crippen molar-refractivity contribution in [2.75, 3.05) is 4.31 Å². The molecule has 1 aromatic heterocycles. The normalized spacial score (nSPS) is 11.8. The van der Waals surface area contributed by atoms with Crippen LogP contribution in [0.1, 0.15) is 21.5 Å². The number of carboxylic acids is 1. The third-order valence-electron chi connectivity index (χ3n) is 4.55. The molecule has 0 unspecified atom stereocenters. The van der Waals surface area contributed by atoms with Crippen LogP contribution >= 0.6 is 11.6 Å². The second-order valence-electron chi connectivity index (χ2n) is 6.79. The van der Waals surface area contributed by atoms with Gasteiger partial charge >= 0.3 is 12.1 Å². The van der Waals surface area contributed by atoms with Crippen LogP contribution in [0.3, 0.4) is 0 Å². The molecule has 0 fully saturated rings. The number of halogens is 4. The lowest BCUT2D eigenvalue weighted by Crippen LogP contribution is -2.32. The van der Waals surface area contributed by atoms with Crippen LogP contribution in [-0.2, 0) is 22.7 Å². The van der Waals surface area contributed by atoms with Crippen LogP contribution in [0.5, 0.6) is 0 Å². The van der Waals surface area contributed by atoms with E-state index in [9.17, 15) is 36.5 Å². The molecule has 0 radical (unpaired) electrons. The summed E-state index contributed by atoms with van der Waals surface area (Å²) in [6.07, 6.45) is -4.35. The van der Waals surface area contributed by atoms with Gasteiger partial charge in [-0.3, -0.25) is 10.1 Å². The summed E-state index contributed by atoms with van der Waals surface area (Å²) in [5.74, 6) is -1.81. The molecule has 2 aromatic carbocycles. The van der Waals surface area contributed by atoms with E-state index in [1.54, 1.807) is 0 Å². The highest BCUT2D eigenvalue weighted by Gasteiger charge is 2.34. The summed E-state index contributed by atoms with van der Waals surface area (Å²) in [4.78, 5) is 24.5. The zero-order chi connectivity index (χ0) is 25.3. The van der Waals surface area contributed by atoms with Gasteiger partial charge in [0.15, 0.2) is 5.82 Å². The largest absolute Gasteiger partial charge is 0.478 e. The Morgan fingerprint density at radius 2 is 1.71 bits per heavy atom. The molecule has 178 valence electrons.